The van der Waals surface area contributed by atoms with Crippen molar-refractivity contribution in [2.24, 2.45) is 0 Å². The van der Waals surface area contributed by atoms with Crippen molar-refractivity contribution in [2.75, 3.05) is 5.32 Å². The van der Waals surface area contributed by atoms with E-state index in [0.29, 0.717) is 16.4 Å². The zero-order valence-corrected chi connectivity index (χ0v) is 11.0. The smallest absolute Gasteiger partial charge is 0.149 e. The molecule has 0 aliphatic heterocycles. The molecule has 0 saturated heterocycles. The number of anilines is 2. The van der Waals surface area contributed by atoms with Crippen LogP contribution in [-0.2, 0) is 0 Å². The first kappa shape index (κ1) is 11.9. The van der Waals surface area contributed by atoms with Crippen molar-refractivity contribution in [1.82, 2.24) is 4.98 Å². The number of nitrogens with one attached hydrogen (secondary N) is 1. The normalized spacial score (nSPS) is 9.71. The number of hydrogen-bond acceptors (Lipinski definition) is 3. The van der Waals surface area contributed by atoms with Gasteiger partial charge in [0.2, 0.25) is 0 Å². The highest BCUT2D eigenvalue weighted by molar-refractivity contribution is 9.10. The van der Waals surface area contributed by atoms with Gasteiger partial charge in [-0.05, 0) is 40.2 Å². The van der Waals surface area contributed by atoms with Crippen LogP contribution in [0.4, 0.5) is 11.5 Å². The van der Waals surface area contributed by atoms with E-state index in [1.807, 2.05) is 6.07 Å². The van der Waals surface area contributed by atoms with E-state index in [9.17, 15) is 0 Å². The molecule has 0 saturated carbocycles. The number of benzene rings is 1. The number of halogens is 2. The summed E-state index contributed by atoms with van der Waals surface area (Å²) in [5.41, 5.74) is 1.36. The van der Waals surface area contributed by atoms with Gasteiger partial charge < -0.3 is 5.32 Å². The Bertz CT molecular complexity index is 593. The van der Waals surface area contributed by atoms with Gasteiger partial charge in [-0.25, -0.2) is 4.98 Å². The lowest BCUT2D eigenvalue weighted by Gasteiger charge is -2.07. The molecule has 2 aromatic rings. The van der Waals surface area contributed by atoms with Crippen LogP contribution in [0.1, 0.15) is 5.56 Å². The summed E-state index contributed by atoms with van der Waals surface area (Å²) in [6.07, 6.45) is 1.66. The minimum absolute atomic E-state index is 0.515. The summed E-state index contributed by atoms with van der Waals surface area (Å²) in [5.74, 6) is 0.560. The molecule has 5 heteroatoms. The Morgan fingerprint density at radius 1 is 1.35 bits per heavy atom. The molecule has 0 aliphatic carbocycles. The summed E-state index contributed by atoms with van der Waals surface area (Å²) in [4.78, 5) is 4.16. The topological polar surface area (TPSA) is 48.7 Å². The Labute approximate surface area is 112 Å². The summed E-state index contributed by atoms with van der Waals surface area (Å²) < 4.78 is 0.818. The van der Waals surface area contributed by atoms with Crippen LogP contribution in [0.3, 0.4) is 0 Å². The summed E-state index contributed by atoms with van der Waals surface area (Å²) in [6.45, 7) is 0. The van der Waals surface area contributed by atoms with Crippen LogP contribution in [0.25, 0.3) is 0 Å². The molecule has 0 atom stereocenters. The van der Waals surface area contributed by atoms with Crippen molar-refractivity contribution in [1.29, 1.82) is 5.26 Å². The van der Waals surface area contributed by atoms with Gasteiger partial charge in [-0.2, -0.15) is 5.26 Å². The summed E-state index contributed by atoms with van der Waals surface area (Å²) >= 11 is 9.32. The van der Waals surface area contributed by atoms with Gasteiger partial charge in [0.05, 0.1) is 16.7 Å². The van der Waals surface area contributed by atoms with Gasteiger partial charge in [-0.15, -0.1) is 0 Å². The van der Waals surface area contributed by atoms with Crippen LogP contribution in [-0.4, -0.2) is 4.98 Å². The third-order valence-corrected chi connectivity index (χ3v) is 2.78. The molecule has 0 spiro atoms. The fourth-order valence-electron chi connectivity index (χ4n) is 1.31. The molecule has 84 valence electrons. The molecule has 17 heavy (non-hydrogen) atoms. The molecule has 0 bridgehead atoms. The molecule has 1 heterocycles. The Morgan fingerprint density at radius 3 is 2.88 bits per heavy atom. The number of hydrogen-bond donors (Lipinski definition) is 1. The van der Waals surface area contributed by atoms with Crippen LogP contribution in [0.15, 0.2) is 41.0 Å². The Balaban J connectivity index is 2.28. The van der Waals surface area contributed by atoms with Gasteiger partial charge in [-0.1, -0.05) is 17.7 Å². The standard InChI is InChI=1S/C12H7BrClN3/c13-9-5-11(14)12(16-7-9)17-10-3-1-2-8(4-10)6-15/h1-5,7H,(H,16,17). The third kappa shape index (κ3) is 2.96. The zero-order chi connectivity index (χ0) is 12.3. The number of rotatable bonds is 2. The highest BCUT2D eigenvalue weighted by atomic mass is 79.9. The molecular weight excluding hydrogens is 302 g/mol. The molecular formula is C12H7BrClN3. The van der Waals surface area contributed by atoms with Gasteiger partial charge >= 0.3 is 0 Å². The van der Waals surface area contributed by atoms with E-state index in [0.717, 1.165) is 10.2 Å². The third-order valence-electron chi connectivity index (χ3n) is 2.06. The average molecular weight is 309 g/mol. The second kappa shape index (κ2) is 5.17. The summed E-state index contributed by atoms with van der Waals surface area (Å²) in [6, 6.07) is 11.0. The highest BCUT2D eigenvalue weighted by Crippen LogP contribution is 2.26. The molecule has 2 rings (SSSR count). The highest BCUT2D eigenvalue weighted by Gasteiger charge is 2.03. The molecule has 0 fully saturated rings. The van der Waals surface area contributed by atoms with Crippen LogP contribution >= 0.6 is 27.5 Å². The quantitative estimate of drug-likeness (QED) is 0.908. The molecule has 1 aromatic heterocycles. The average Bonchev–Trinajstić information content (AvgIpc) is 2.33. The first-order valence-electron chi connectivity index (χ1n) is 4.77. The van der Waals surface area contributed by atoms with Crippen LogP contribution in [0.5, 0.6) is 0 Å². The van der Waals surface area contributed by atoms with Crippen molar-refractivity contribution in [3.63, 3.8) is 0 Å². The second-order valence-electron chi connectivity index (χ2n) is 3.30. The van der Waals surface area contributed by atoms with Crippen molar-refractivity contribution in [2.45, 2.75) is 0 Å². The van der Waals surface area contributed by atoms with Gasteiger partial charge in [0.1, 0.15) is 5.82 Å². The van der Waals surface area contributed by atoms with Crippen molar-refractivity contribution >= 4 is 39.0 Å². The van der Waals surface area contributed by atoms with Crippen molar-refractivity contribution in [3.8, 4) is 6.07 Å². The second-order valence-corrected chi connectivity index (χ2v) is 4.62. The monoisotopic (exact) mass is 307 g/mol. The predicted octanol–water partition coefficient (Wildman–Crippen LogP) is 4.11. The molecule has 1 aromatic carbocycles. The molecule has 0 amide bonds. The number of nitrogens with zero attached hydrogens (tertiary/aromatic N) is 2. The first-order valence-corrected chi connectivity index (χ1v) is 5.94. The molecule has 0 radical (unpaired) electrons. The lowest BCUT2D eigenvalue weighted by Crippen LogP contribution is -1.94. The van der Waals surface area contributed by atoms with E-state index < -0.39 is 0 Å². The SMILES string of the molecule is N#Cc1cccc(Nc2ncc(Br)cc2Cl)c1. The Kier molecular flexibility index (Phi) is 3.62. The fourth-order valence-corrected chi connectivity index (χ4v) is 1.99. The fraction of sp³-hybridized carbons (Fsp3) is 0. The van der Waals surface area contributed by atoms with Crippen LogP contribution in [0.2, 0.25) is 5.02 Å². The first-order chi connectivity index (χ1) is 8.19. The largest absolute Gasteiger partial charge is 0.339 e. The molecule has 1 N–H and O–H groups in total. The van der Waals surface area contributed by atoms with E-state index in [-0.39, 0.29) is 0 Å². The van der Waals surface area contributed by atoms with Crippen LogP contribution in [0, 0.1) is 11.3 Å². The van der Waals surface area contributed by atoms with E-state index in [1.165, 1.54) is 0 Å². The van der Waals surface area contributed by atoms with E-state index in [2.05, 4.69) is 32.3 Å². The van der Waals surface area contributed by atoms with Crippen molar-refractivity contribution < 1.29 is 0 Å². The van der Waals surface area contributed by atoms with Crippen LogP contribution < -0.4 is 5.32 Å². The minimum atomic E-state index is 0.515. The Morgan fingerprint density at radius 2 is 2.18 bits per heavy atom. The number of aromatic nitrogens is 1. The summed E-state index contributed by atoms with van der Waals surface area (Å²) in [7, 11) is 0. The predicted molar refractivity (Wildman–Crippen MR) is 71.4 cm³/mol. The van der Waals surface area contributed by atoms with Gasteiger partial charge in [0, 0.05) is 16.4 Å². The summed E-state index contributed by atoms with van der Waals surface area (Å²) in [5, 5.41) is 12.4. The maximum atomic E-state index is 8.79. The van der Waals surface area contributed by atoms with E-state index in [4.69, 9.17) is 16.9 Å². The zero-order valence-electron chi connectivity index (χ0n) is 8.61. The lowest BCUT2D eigenvalue weighted by atomic mass is 10.2. The van der Waals surface area contributed by atoms with E-state index >= 15 is 0 Å². The maximum Gasteiger partial charge on any atom is 0.149 e. The number of nitriles is 1. The molecule has 0 unspecified atom stereocenters. The number of pyridine rings is 1. The van der Waals surface area contributed by atoms with Crippen molar-refractivity contribution in [3.05, 3.63) is 51.6 Å². The molecule has 0 aliphatic rings. The van der Waals surface area contributed by atoms with Gasteiger partial charge in [-0.3, -0.25) is 0 Å². The minimum Gasteiger partial charge on any atom is -0.339 e. The molecule has 3 nitrogen and oxygen atoms in total. The van der Waals surface area contributed by atoms with Gasteiger partial charge in [0.25, 0.3) is 0 Å². The van der Waals surface area contributed by atoms with Gasteiger partial charge in [0.15, 0.2) is 0 Å². The Hall–Kier alpha value is -1.57. The van der Waals surface area contributed by atoms with E-state index in [1.54, 1.807) is 30.5 Å². The maximum absolute atomic E-state index is 8.79. The lowest BCUT2D eigenvalue weighted by molar-refractivity contribution is 1.29.